The van der Waals surface area contributed by atoms with Crippen LogP contribution in [0.5, 0.6) is 5.75 Å². The van der Waals surface area contributed by atoms with Gasteiger partial charge in [-0.05, 0) is 61.7 Å². The highest BCUT2D eigenvalue weighted by molar-refractivity contribution is 6.31. The van der Waals surface area contributed by atoms with E-state index in [1.807, 2.05) is 26.0 Å². The van der Waals surface area contributed by atoms with Crippen LogP contribution in [0.15, 0.2) is 47.6 Å². The first kappa shape index (κ1) is 19.3. The third-order valence-electron chi connectivity index (χ3n) is 3.62. The number of nitrogens with zero attached hydrogens (tertiary/aromatic N) is 1. The average Bonchev–Trinajstić information content (AvgIpc) is 2.59. The van der Waals surface area contributed by atoms with E-state index in [9.17, 15) is 4.79 Å². The van der Waals surface area contributed by atoms with Gasteiger partial charge in [-0.1, -0.05) is 42.3 Å². The van der Waals surface area contributed by atoms with Crippen molar-refractivity contribution in [3.05, 3.63) is 63.6 Å². The lowest BCUT2D eigenvalue weighted by atomic mass is 10.1. The largest absolute Gasteiger partial charge is 0.481 e. The summed E-state index contributed by atoms with van der Waals surface area (Å²) in [4.78, 5) is 12.2. The third kappa shape index (κ3) is 5.48. The maximum Gasteiger partial charge on any atom is 0.280 e. The molecule has 0 aliphatic carbocycles. The summed E-state index contributed by atoms with van der Waals surface area (Å²) in [6, 6.07) is 12.6. The SMILES string of the molecule is CC/C(=N/NC(=O)C(C)Oc1ccc(Cl)cc1C)c1ccc(Cl)cc1. The molecule has 4 nitrogen and oxygen atoms in total. The van der Waals surface area contributed by atoms with Crippen molar-refractivity contribution in [2.24, 2.45) is 5.10 Å². The monoisotopic (exact) mass is 378 g/mol. The molecule has 0 saturated carbocycles. The van der Waals surface area contributed by atoms with Gasteiger partial charge in [0.1, 0.15) is 5.75 Å². The van der Waals surface area contributed by atoms with Gasteiger partial charge in [0.25, 0.3) is 5.91 Å². The molecule has 0 spiro atoms. The van der Waals surface area contributed by atoms with Crippen LogP contribution in [0, 0.1) is 6.92 Å². The van der Waals surface area contributed by atoms with Gasteiger partial charge in [-0.25, -0.2) is 5.43 Å². The second-order valence-electron chi connectivity index (χ2n) is 5.56. The highest BCUT2D eigenvalue weighted by Crippen LogP contribution is 2.22. The molecule has 0 heterocycles. The van der Waals surface area contributed by atoms with E-state index >= 15 is 0 Å². The molecule has 0 aliphatic heterocycles. The zero-order valence-electron chi connectivity index (χ0n) is 14.3. The molecule has 0 fully saturated rings. The molecule has 25 heavy (non-hydrogen) atoms. The Labute approximate surface area is 157 Å². The summed E-state index contributed by atoms with van der Waals surface area (Å²) in [5.74, 6) is 0.290. The predicted molar refractivity (Wildman–Crippen MR) is 103 cm³/mol. The second kappa shape index (κ2) is 8.88. The first-order valence-corrected chi connectivity index (χ1v) is 8.71. The molecule has 6 heteroatoms. The molecular weight excluding hydrogens is 359 g/mol. The minimum absolute atomic E-state index is 0.325. The minimum Gasteiger partial charge on any atom is -0.481 e. The number of benzene rings is 2. The van der Waals surface area contributed by atoms with Crippen LogP contribution in [0.3, 0.4) is 0 Å². The Balaban J connectivity index is 2.03. The Kier molecular flexibility index (Phi) is 6.85. The summed E-state index contributed by atoms with van der Waals surface area (Å²) in [7, 11) is 0. The maximum atomic E-state index is 12.2. The van der Waals surface area contributed by atoms with E-state index in [-0.39, 0.29) is 5.91 Å². The Bertz CT molecular complexity index is 773. The van der Waals surface area contributed by atoms with Crippen LogP contribution in [0.2, 0.25) is 10.0 Å². The number of rotatable bonds is 6. The number of hydrazone groups is 1. The van der Waals surface area contributed by atoms with Gasteiger partial charge in [-0.2, -0.15) is 5.10 Å². The summed E-state index contributed by atoms with van der Waals surface area (Å²) >= 11 is 11.8. The van der Waals surface area contributed by atoms with E-state index in [0.717, 1.165) is 16.8 Å². The standard InChI is InChI=1S/C19H20Cl2N2O2/c1-4-17(14-5-7-15(20)8-6-14)22-23-19(24)13(3)25-18-10-9-16(21)11-12(18)2/h5-11,13H,4H2,1-3H3,(H,23,24)/b22-17-. The molecule has 132 valence electrons. The van der Waals surface area contributed by atoms with E-state index in [2.05, 4.69) is 10.5 Å². The lowest BCUT2D eigenvalue weighted by molar-refractivity contribution is -0.127. The van der Waals surface area contributed by atoms with Gasteiger partial charge in [0.15, 0.2) is 6.10 Å². The van der Waals surface area contributed by atoms with Crippen molar-refractivity contribution in [2.45, 2.75) is 33.3 Å². The zero-order chi connectivity index (χ0) is 18.4. The molecular formula is C19H20Cl2N2O2. The van der Waals surface area contributed by atoms with Gasteiger partial charge in [-0.3, -0.25) is 4.79 Å². The summed E-state index contributed by atoms with van der Waals surface area (Å²) in [5.41, 5.74) is 5.10. The van der Waals surface area contributed by atoms with Gasteiger partial charge < -0.3 is 4.74 Å². The lowest BCUT2D eigenvalue weighted by Crippen LogP contribution is -2.34. The average molecular weight is 379 g/mol. The number of amides is 1. The van der Waals surface area contributed by atoms with Gasteiger partial charge in [0, 0.05) is 10.0 Å². The lowest BCUT2D eigenvalue weighted by Gasteiger charge is -2.15. The molecule has 1 atom stereocenters. The number of aryl methyl sites for hydroxylation is 1. The summed E-state index contributed by atoms with van der Waals surface area (Å²) in [6.07, 6.45) is -0.0140. The Morgan fingerprint density at radius 2 is 1.80 bits per heavy atom. The predicted octanol–water partition coefficient (Wildman–Crippen LogP) is 5.00. The van der Waals surface area contributed by atoms with Crippen LogP contribution in [-0.4, -0.2) is 17.7 Å². The fraction of sp³-hybridized carbons (Fsp3) is 0.263. The first-order chi connectivity index (χ1) is 11.9. The van der Waals surface area contributed by atoms with Crippen LogP contribution in [0.25, 0.3) is 0 Å². The molecule has 2 aromatic rings. The smallest absolute Gasteiger partial charge is 0.280 e. The fourth-order valence-electron chi connectivity index (χ4n) is 2.19. The van der Waals surface area contributed by atoms with Crippen LogP contribution in [0.4, 0.5) is 0 Å². The topological polar surface area (TPSA) is 50.7 Å². The number of halogens is 2. The highest BCUT2D eigenvalue weighted by atomic mass is 35.5. The van der Waals surface area contributed by atoms with Crippen LogP contribution >= 0.6 is 23.2 Å². The summed E-state index contributed by atoms with van der Waals surface area (Å²) < 4.78 is 5.69. The van der Waals surface area contributed by atoms with Gasteiger partial charge in [0.05, 0.1) is 5.71 Å². The first-order valence-electron chi connectivity index (χ1n) is 7.96. The van der Waals surface area contributed by atoms with Gasteiger partial charge in [-0.15, -0.1) is 0 Å². The Morgan fingerprint density at radius 3 is 2.40 bits per heavy atom. The third-order valence-corrected chi connectivity index (χ3v) is 4.11. The number of nitrogens with one attached hydrogen (secondary N) is 1. The van der Waals surface area contributed by atoms with Crippen molar-refractivity contribution >= 4 is 34.8 Å². The number of hydrogen-bond donors (Lipinski definition) is 1. The molecule has 0 saturated heterocycles. The van der Waals surface area contributed by atoms with Crippen molar-refractivity contribution in [2.75, 3.05) is 0 Å². The quantitative estimate of drug-likeness (QED) is 0.567. The van der Waals surface area contributed by atoms with E-state index in [0.29, 0.717) is 22.2 Å². The van der Waals surface area contributed by atoms with Crippen molar-refractivity contribution in [1.82, 2.24) is 5.43 Å². The molecule has 1 amide bonds. The van der Waals surface area contributed by atoms with Crippen molar-refractivity contribution in [3.8, 4) is 5.75 Å². The van der Waals surface area contributed by atoms with Gasteiger partial charge >= 0.3 is 0 Å². The summed E-state index contributed by atoms with van der Waals surface area (Å²) in [6.45, 7) is 5.52. The molecule has 0 bridgehead atoms. The van der Waals surface area contributed by atoms with Crippen LogP contribution < -0.4 is 10.2 Å². The Hall–Kier alpha value is -2.04. The van der Waals surface area contributed by atoms with Crippen molar-refractivity contribution in [3.63, 3.8) is 0 Å². The summed E-state index contributed by atoms with van der Waals surface area (Å²) in [5, 5.41) is 5.50. The molecule has 0 aromatic heterocycles. The highest BCUT2D eigenvalue weighted by Gasteiger charge is 2.15. The molecule has 2 rings (SSSR count). The molecule has 1 N–H and O–H groups in total. The van der Waals surface area contributed by atoms with E-state index in [1.54, 1.807) is 37.3 Å². The molecule has 0 radical (unpaired) electrons. The number of ether oxygens (including phenoxy) is 1. The molecule has 1 unspecified atom stereocenters. The van der Waals surface area contributed by atoms with Crippen molar-refractivity contribution in [1.29, 1.82) is 0 Å². The number of hydrogen-bond acceptors (Lipinski definition) is 3. The molecule has 0 aliphatic rings. The zero-order valence-corrected chi connectivity index (χ0v) is 15.9. The van der Waals surface area contributed by atoms with E-state index in [1.165, 1.54) is 0 Å². The van der Waals surface area contributed by atoms with Crippen LogP contribution in [-0.2, 0) is 4.79 Å². The number of carbonyl (C=O) groups excluding carboxylic acids is 1. The molecule has 2 aromatic carbocycles. The fourth-order valence-corrected chi connectivity index (χ4v) is 2.55. The van der Waals surface area contributed by atoms with E-state index < -0.39 is 6.10 Å². The maximum absolute atomic E-state index is 12.2. The van der Waals surface area contributed by atoms with E-state index in [4.69, 9.17) is 27.9 Å². The Morgan fingerprint density at radius 1 is 1.16 bits per heavy atom. The van der Waals surface area contributed by atoms with Crippen LogP contribution in [0.1, 0.15) is 31.4 Å². The van der Waals surface area contributed by atoms with Crippen molar-refractivity contribution < 1.29 is 9.53 Å². The van der Waals surface area contributed by atoms with Gasteiger partial charge in [0.2, 0.25) is 0 Å². The minimum atomic E-state index is -0.688. The second-order valence-corrected chi connectivity index (χ2v) is 6.44. The number of carbonyl (C=O) groups is 1. The normalized spacial score (nSPS) is 12.6.